The van der Waals surface area contributed by atoms with Crippen LogP contribution < -0.4 is 10.1 Å². The van der Waals surface area contributed by atoms with Gasteiger partial charge in [0.2, 0.25) is 5.91 Å². The number of carbonyl (C=O) groups is 2. The Kier molecular flexibility index (Phi) is 6.60. The van der Waals surface area contributed by atoms with Crippen molar-refractivity contribution >= 4 is 17.6 Å². The summed E-state index contributed by atoms with van der Waals surface area (Å²) in [4.78, 5) is 23.2. The fraction of sp³-hybridized carbons (Fsp3) is 0.200. The van der Waals surface area contributed by atoms with Gasteiger partial charge in [0.15, 0.2) is 0 Å². The van der Waals surface area contributed by atoms with Crippen molar-refractivity contribution in [1.82, 2.24) is 0 Å². The summed E-state index contributed by atoms with van der Waals surface area (Å²) in [7, 11) is 1.24. The normalized spacial score (nSPS) is 10.5. The first kappa shape index (κ1) is 21.9. The quantitative estimate of drug-likeness (QED) is 0.419. The number of esters is 1. The first-order valence-electron chi connectivity index (χ1n) is 9.82. The molecular formula is C25H25NO5. The molecule has 0 saturated carbocycles. The number of phenolic OH excluding ortho intramolecular Hbond substituents is 1. The maximum atomic E-state index is 11.9. The van der Waals surface area contributed by atoms with Crippen LogP contribution in [-0.4, -0.2) is 24.1 Å². The lowest BCUT2D eigenvalue weighted by atomic mass is 10.0. The molecule has 0 saturated heterocycles. The predicted octanol–water partition coefficient (Wildman–Crippen LogP) is 5.28. The van der Waals surface area contributed by atoms with E-state index < -0.39 is 11.9 Å². The van der Waals surface area contributed by atoms with E-state index in [9.17, 15) is 14.7 Å². The number of methoxy groups -OCH3 is 1. The summed E-state index contributed by atoms with van der Waals surface area (Å²) in [5, 5.41) is 13.0. The summed E-state index contributed by atoms with van der Waals surface area (Å²) in [6.07, 6.45) is -0.345. The number of anilines is 1. The van der Waals surface area contributed by atoms with Crippen molar-refractivity contribution in [3.05, 3.63) is 71.3 Å². The second kappa shape index (κ2) is 9.34. The summed E-state index contributed by atoms with van der Waals surface area (Å²) >= 11 is 0. The lowest BCUT2D eigenvalue weighted by molar-refractivity contribution is -0.142. The molecular weight excluding hydrogens is 394 g/mol. The van der Waals surface area contributed by atoms with Crippen LogP contribution in [0, 0.1) is 20.8 Å². The Balaban J connectivity index is 1.83. The molecule has 0 aromatic heterocycles. The van der Waals surface area contributed by atoms with Gasteiger partial charge in [-0.05, 0) is 67.8 Å². The average molecular weight is 419 g/mol. The van der Waals surface area contributed by atoms with Crippen LogP contribution in [0.4, 0.5) is 5.69 Å². The van der Waals surface area contributed by atoms with Gasteiger partial charge < -0.3 is 19.9 Å². The molecule has 3 aromatic rings. The van der Waals surface area contributed by atoms with Crippen LogP contribution in [0.25, 0.3) is 11.1 Å². The highest BCUT2D eigenvalue weighted by atomic mass is 16.5. The maximum absolute atomic E-state index is 11.9. The van der Waals surface area contributed by atoms with E-state index in [0.717, 1.165) is 22.3 Å². The number of hydrogen-bond acceptors (Lipinski definition) is 5. The zero-order valence-corrected chi connectivity index (χ0v) is 18.0. The van der Waals surface area contributed by atoms with E-state index in [1.54, 1.807) is 30.3 Å². The van der Waals surface area contributed by atoms with Gasteiger partial charge in [0, 0.05) is 11.3 Å². The second-order valence-electron chi connectivity index (χ2n) is 7.39. The lowest BCUT2D eigenvalue weighted by Gasteiger charge is -2.15. The average Bonchev–Trinajstić information content (AvgIpc) is 2.72. The van der Waals surface area contributed by atoms with Crippen molar-refractivity contribution in [1.29, 1.82) is 0 Å². The number of aryl methyl sites for hydroxylation is 3. The molecule has 0 radical (unpaired) electrons. The zero-order chi connectivity index (χ0) is 22.5. The predicted molar refractivity (Wildman–Crippen MR) is 120 cm³/mol. The molecule has 160 valence electrons. The van der Waals surface area contributed by atoms with Crippen LogP contribution in [-0.2, 0) is 14.3 Å². The Hall–Kier alpha value is -3.80. The van der Waals surface area contributed by atoms with Gasteiger partial charge in [-0.1, -0.05) is 29.8 Å². The summed E-state index contributed by atoms with van der Waals surface area (Å²) in [5.41, 5.74) is 4.92. The molecule has 6 nitrogen and oxygen atoms in total. The Morgan fingerprint density at radius 2 is 1.58 bits per heavy atom. The number of hydrogen-bond donors (Lipinski definition) is 2. The zero-order valence-electron chi connectivity index (χ0n) is 18.0. The summed E-state index contributed by atoms with van der Waals surface area (Å²) < 4.78 is 10.6. The molecule has 6 heteroatoms. The molecule has 0 aliphatic carbocycles. The monoisotopic (exact) mass is 419 g/mol. The molecule has 3 aromatic carbocycles. The van der Waals surface area contributed by atoms with Gasteiger partial charge in [0.05, 0.1) is 7.11 Å². The van der Waals surface area contributed by atoms with Crippen LogP contribution in [0.1, 0.15) is 23.1 Å². The molecule has 0 heterocycles. The van der Waals surface area contributed by atoms with Crippen LogP contribution >= 0.6 is 0 Å². The second-order valence-corrected chi connectivity index (χ2v) is 7.39. The number of aromatic hydroxyl groups is 1. The van der Waals surface area contributed by atoms with Crippen molar-refractivity contribution < 1.29 is 24.2 Å². The maximum Gasteiger partial charge on any atom is 0.315 e. The van der Waals surface area contributed by atoms with Crippen LogP contribution in [0.5, 0.6) is 17.2 Å². The van der Waals surface area contributed by atoms with E-state index in [-0.39, 0.29) is 12.2 Å². The third kappa shape index (κ3) is 5.42. The van der Waals surface area contributed by atoms with E-state index in [0.29, 0.717) is 22.7 Å². The number of rotatable bonds is 6. The number of nitrogens with one attached hydrogen (secondary N) is 1. The number of carbonyl (C=O) groups excluding carboxylic acids is 2. The number of phenols is 1. The molecule has 0 aliphatic rings. The molecule has 0 bridgehead atoms. The van der Waals surface area contributed by atoms with E-state index >= 15 is 0 Å². The third-order valence-electron chi connectivity index (χ3n) is 4.83. The van der Waals surface area contributed by atoms with Crippen LogP contribution in [0.2, 0.25) is 0 Å². The highest BCUT2D eigenvalue weighted by Gasteiger charge is 2.14. The smallest absolute Gasteiger partial charge is 0.315 e. The van der Waals surface area contributed by atoms with Gasteiger partial charge in [-0.25, -0.2) is 0 Å². The SMILES string of the molecule is COC(=O)CC(=O)Nc1cc(C)c(Oc2ccc(O)c(-c3ccc(C)cc3)c2)c(C)c1. The molecule has 0 unspecified atom stereocenters. The largest absolute Gasteiger partial charge is 0.507 e. The van der Waals surface area contributed by atoms with Gasteiger partial charge >= 0.3 is 5.97 Å². The number of benzene rings is 3. The van der Waals surface area contributed by atoms with E-state index in [2.05, 4.69) is 10.1 Å². The van der Waals surface area contributed by atoms with Crippen molar-refractivity contribution in [2.24, 2.45) is 0 Å². The number of ether oxygens (including phenoxy) is 2. The molecule has 1 amide bonds. The molecule has 31 heavy (non-hydrogen) atoms. The molecule has 0 atom stereocenters. The van der Waals surface area contributed by atoms with E-state index in [4.69, 9.17) is 4.74 Å². The first-order valence-corrected chi connectivity index (χ1v) is 9.82. The van der Waals surface area contributed by atoms with Crippen molar-refractivity contribution in [3.8, 4) is 28.4 Å². The lowest BCUT2D eigenvalue weighted by Crippen LogP contribution is -2.17. The van der Waals surface area contributed by atoms with Gasteiger partial charge in [0.25, 0.3) is 0 Å². The Morgan fingerprint density at radius 1 is 0.935 bits per heavy atom. The molecule has 0 aliphatic heterocycles. The minimum atomic E-state index is -0.595. The highest BCUT2D eigenvalue weighted by Crippen LogP contribution is 2.37. The Labute approximate surface area is 181 Å². The minimum Gasteiger partial charge on any atom is -0.507 e. The minimum absolute atomic E-state index is 0.174. The topological polar surface area (TPSA) is 84.9 Å². The fourth-order valence-electron chi connectivity index (χ4n) is 3.25. The van der Waals surface area contributed by atoms with Crippen molar-refractivity contribution in [2.45, 2.75) is 27.2 Å². The first-order chi connectivity index (χ1) is 14.8. The molecule has 2 N–H and O–H groups in total. The van der Waals surface area contributed by atoms with Crippen LogP contribution in [0.3, 0.4) is 0 Å². The standard InChI is InChI=1S/C25H25NO5/c1-15-5-7-18(8-6-15)21-13-20(9-10-22(21)27)31-25-16(2)11-19(12-17(25)3)26-23(28)14-24(29)30-4/h5-13,27H,14H2,1-4H3,(H,26,28). The van der Waals surface area contributed by atoms with Gasteiger partial charge in [-0.2, -0.15) is 0 Å². The van der Waals surface area contributed by atoms with Gasteiger partial charge in [-0.15, -0.1) is 0 Å². The molecule has 0 fully saturated rings. The summed E-state index contributed by atoms with van der Waals surface area (Å²) in [5.74, 6) is 0.380. The van der Waals surface area contributed by atoms with E-state index in [1.807, 2.05) is 45.0 Å². The Bertz CT molecular complexity index is 1100. The van der Waals surface area contributed by atoms with Crippen molar-refractivity contribution in [3.63, 3.8) is 0 Å². The number of amides is 1. The molecule has 0 spiro atoms. The van der Waals surface area contributed by atoms with E-state index in [1.165, 1.54) is 7.11 Å². The third-order valence-corrected chi connectivity index (χ3v) is 4.83. The summed E-state index contributed by atoms with van der Waals surface area (Å²) in [6, 6.07) is 16.6. The van der Waals surface area contributed by atoms with Gasteiger partial charge in [-0.3, -0.25) is 9.59 Å². The van der Waals surface area contributed by atoms with Crippen LogP contribution in [0.15, 0.2) is 54.6 Å². The summed E-state index contributed by atoms with van der Waals surface area (Å²) in [6.45, 7) is 5.76. The van der Waals surface area contributed by atoms with Gasteiger partial charge in [0.1, 0.15) is 23.7 Å². The fourth-order valence-corrected chi connectivity index (χ4v) is 3.25. The molecule has 3 rings (SSSR count). The Morgan fingerprint density at radius 3 is 2.19 bits per heavy atom. The van der Waals surface area contributed by atoms with Crippen molar-refractivity contribution in [2.75, 3.05) is 12.4 Å². The highest BCUT2D eigenvalue weighted by molar-refractivity contribution is 6.02.